The van der Waals surface area contributed by atoms with Crippen LogP contribution in [-0.4, -0.2) is 47.6 Å². The lowest BCUT2D eigenvalue weighted by Crippen LogP contribution is -2.43. The summed E-state index contributed by atoms with van der Waals surface area (Å²) >= 11 is 0. The average Bonchev–Trinajstić information content (AvgIpc) is 2.53. The van der Waals surface area contributed by atoms with Gasteiger partial charge in [-0.25, -0.2) is 0 Å². The monoisotopic (exact) mass is 328 g/mol. The third-order valence-corrected chi connectivity index (χ3v) is 3.58. The van der Waals surface area contributed by atoms with Crippen molar-refractivity contribution in [2.75, 3.05) is 19.7 Å². The first kappa shape index (κ1) is 18.4. The second-order valence-electron chi connectivity index (χ2n) is 5.09. The number of hydrogen-bond acceptors (Lipinski definition) is 4. The van der Waals surface area contributed by atoms with Crippen LogP contribution < -0.4 is 5.73 Å². The number of rotatable bonds is 5. The van der Waals surface area contributed by atoms with E-state index in [9.17, 15) is 9.59 Å². The van der Waals surface area contributed by atoms with Gasteiger partial charge in [0.25, 0.3) is 0 Å². The van der Waals surface area contributed by atoms with Crippen LogP contribution >= 0.6 is 12.4 Å². The van der Waals surface area contributed by atoms with Crippen molar-refractivity contribution in [3.8, 4) is 0 Å². The third kappa shape index (κ3) is 4.98. The normalized spacial score (nSPS) is 19.1. The second kappa shape index (κ2) is 8.73. The second-order valence-corrected chi connectivity index (χ2v) is 5.09. The predicted molar refractivity (Wildman–Crippen MR) is 83.8 cm³/mol. The van der Waals surface area contributed by atoms with Gasteiger partial charge in [0.05, 0.1) is 13.2 Å². The molecule has 1 aliphatic heterocycles. The number of carboxylic acid groups (broad SMARTS) is 1. The highest BCUT2D eigenvalue weighted by Crippen LogP contribution is 2.22. The zero-order chi connectivity index (χ0) is 15.2. The van der Waals surface area contributed by atoms with Gasteiger partial charge in [-0.15, -0.1) is 12.4 Å². The van der Waals surface area contributed by atoms with Crippen LogP contribution in [0.5, 0.6) is 0 Å². The first-order valence-electron chi connectivity index (χ1n) is 7.00. The predicted octanol–water partition coefficient (Wildman–Crippen LogP) is 1.20. The van der Waals surface area contributed by atoms with E-state index in [1.807, 2.05) is 30.3 Å². The van der Waals surface area contributed by atoms with E-state index in [2.05, 4.69) is 0 Å². The molecule has 0 bridgehead atoms. The van der Waals surface area contributed by atoms with Crippen LogP contribution in [0.15, 0.2) is 30.3 Å². The van der Waals surface area contributed by atoms with Crippen molar-refractivity contribution in [1.29, 1.82) is 0 Å². The van der Waals surface area contributed by atoms with Crippen molar-refractivity contribution >= 4 is 24.3 Å². The maximum atomic E-state index is 12.1. The molecular formula is C15H21ClN2O4. The number of carboxylic acids is 1. The highest BCUT2D eigenvalue weighted by Gasteiger charge is 2.25. The number of morpholine rings is 1. The molecule has 3 N–H and O–H groups in total. The number of halogens is 1. The molecule has 0 aromatic heterocycles. The number of ether oxygens (including phenoxy) is 1. The molecule has 0 radical (unpaired) electrons. The van der Waals surface area contributed by atoms with Crippen LogP contribution in [0.25, 0.3) is 0 Å². The molecule has 0 spiro atoms. The number of nitrogens with two attached hydrogens (primary N) is 1. The van der Waals surface area contributed by atoms with Crippen LogP contribution in [0, 0.1) is 0 Å². The summed E-state index contributed by atoms with van der Waals surface area (Å²) in [6, 6.07) is 8.76. The zero-order valence-corrected chi connectivity index (χ0v) is 13.0. The van der Waals surface area contributed by atoms with Crippen LogP contribution in [0.1, 0.15) is 24.5 Å². The largest absolute Gasteiger partial charge is 0.480 e. The number of carbonyl (C=O) groups is 2. The fraction of sp³-hybridized carbons (Fsp3) is 0.467. The first-order chi connectivity index (χ1) is 10.1. The lowest BCUT2D eigenvalue weighted by Gasteiger charge is -2.33. The Morgan fingerprint density at radius 2 is 2.05 bits per heavy atom. The van der Waals surface area contributed by atoms with Crippen molar-refractivity contribution in [3.63, 3.8) is 0 Å². The lowest BCUT2D eigenvalue weighted by molar-refractivity contribution is -0.140. The van der Waals surface area contributed by atoms with Gasteiger partial charge in [-0.1, -0.05) is 30.3 Å². The Balaban J connectivity index is 0.00000242. The standard InChI is InChI=1S/C15H20N2O4.ClH/c16-12(15(19)20)6-7-14(18)17-8-9-21-13(10-17)11-4-2-1-3-5-11;/h1-5,12-13H,6-10,16H2,(H,19,20);1H. The highest BCUT2D eigenvalue weighted by atomic mass is 35.5. The minimum atomic E-state index is -1.08. The van der Waals surface area contributed by atoms with E-state index in [0.29, 0.717) is 19.7 Å². The summed E-state index contributed by atoms with van der Waals surface area (Å²) in [4.78, 5) is 24.5. The Bertz CT molecular complexity index is 498. The molecule has 1 aromatic rings. The van der Waals surface area contributed by atoms with Gasteiger partial charge in [-0.2, -0.15) is 0 Å². The van der Waals surface area contributed by atoms with Gasteiger partial charge in [0, 0.05) is 13.0 Å². The zero-order valence-electron chi connectivity index (χ0n) is 12.2. The summed E-state index contributed by atoms with van der Waals surface area (Å²) in [5, 5.41) is 8.73. The fourth-order valence-corrected chi connectivity index (χ4v) is 2.31. The molecule has 0 aliphatic carbocycles. The van der Waals surface area contributed by atoms with Crippen LogP contribution in [0.3, 0.4) is 0 Å². The molecule has 22 heavy (non-hydrogen) atoms. The Hall–Kier alpha value is -1.63. The molecule has 1 saturated heterocycles. The Labute approximate surface area is 135 Å². The fourth-order valence-electron chi connectivity index (χ4n) is 2.31. The van der Waals surface area contributed by atoms with Gasteiger partial charge >= 0.3 is 5.97 Å². The molecule has 0 saturated carbocycles. The van der Waals surface area contributed by atoms with Crippen molar-refractivity contribution in [1.82, 2.24) is 4.90 Å². The quantitative estimate of drug-likeness (QED) is 0.847. The topological polar surface area (TPSA) is 92.9 Å². The summed E-state index contributed by atoms with van der Waals surface area (Å²) in [6.07, 6.45) is 0.174. The van der Waals surface area contributed by atoms with Gasteiger partial charge < -0.3 is 20.5 Å². The smallest absolute Gasteiger partial charge is 0.320 e. The maximum Gasteiger partial charge on any atom is 0.320 e. The van der Waals surface area contributed by atoms with Crippen LogP contribution in [-0.2, 0) is 14.3 Å². The number of amides is 1. The first-order valence-corrected chi connectivity index (χ1v) is 7.00. The molecule has 1 fully saturated rings. The summed E-state index contributed by atoms with van der Waals surface area (Å²) in [5.41, 5.74) is 6.46. The SMILES string of the molecule is Cl.NC(CCC(=O)N1CCOC(c2ccccc2)C1)C(=O)O. The molecule has 7 heteroatoms. The third-order valence-electron chi connectivity index (χ3n) is 3.58. The number of carbonyl (C=O) groups excluding carboxylic acids is 1. The Morgan fingerprint density at radius 1 is 1.36 bits per heavy atom. The minimum Gasteiger partial charge on any atom is -0.480 e. The molecule has 122 valence electrons. The van der Waals surface area contributed by atoms with Gasteiger partial charge in [-0.05, 0) is 12.0 Å². The van der Waals surface area contributed by atoms with Crippen molar-refractivity contribution in [2.24, 2.45) is 5.73 Å². The number of nitrogens with zero attached hydrogens (tertiary/aromatic N) is 1. The summed E-state index contributed by atoms with van der Waals surface area (Å²) in [6.45, 7) is 1.51. The highest BCUT2D eigenvalue weighted by molar-refractivity contribution is 5.85. The summed E-state index contributed by atoms with van der Waals surface area (Å²) in [5.74, 6) is -1.15. The lowest BCUT2D eigenvalue weighted by atomic mass is 10.1. The van der Waals surface area contributed by atoms with E-state index in [0.717, 1.165) is 5.56 Å². The van der Waals surface area contributed by atoms with Crippen molar-refractivity contribution in [2.45, 2.75) is 25.0 Å². The summed E-state index contributed by atoms with van der Waals surface area (Å²) < 4.78 is 5.70. The molecule has 1 aliphatic rings. The molecule has 2 atom stereocenters. The number of aliphatic carboxylic acids is 1. The molecular weight excluding hydrogens is 308 g/mol. The van der Waals surface area contributed by atoms with Gasteiger partial charge in [0.1, 0.15) is 12.1 Å². The molecule has 1 heterocycles. The van der Waals surface area contributed by atoms with E-state index in [1.165, 1.54) is 0 Å². The van der Waals surface area contributed by atoms with Gasteiger partial charge in [0.2, 0.25) is 5.91 Å². The molecule has 1 aromatic carbocycles. The maximum absolute atomic E-state index is 12.1. The Morgan fingerprint density at radius 3 is 2.68 bits per heavy atom. The molecule has 6 nitrogen and oxygen atoms in total. The number of hydrogen-bond donors (Lipinski definition) is 2. The molecule has 2 unspecified atom stereocenters. The van der Waals surface area contributed by atoms with E-state index in [1.54, 1.807) is 4.90 Å². The van der Waals surface area contributed by atoms with E-state index in [4.69, 9.17) is 15.6 Å². The number of benzene rings is 1. The molecule has 2 rings (SSSR count). The van der Waals surface area contributed by atoms with E-state index in [-0.39, 0.29) is 37.3 Å². The average molecular weight is 329 g/mol. The van der Waals surface area contributed by atoms with Crippen LogP contribution in [0.4, 0.5) is 0 Å². The van der Waals surface area contributed by atoms with E-state index >= 15 is 0 Å². The van der Waals surface area contributed by atoms with Gasteiger partial charge in [-0.3, -0.25) is 9.59 Å². The summed E-state index contributed by atoms with van der Waals surface area (Å²) in [7, 11) is 0. The van der Waals surface area contributed by atoms with Crippen LogP contribution in [0.2, 0.25) is 0 Å². The van der Waals surface area contributed by atoms with E-state index < -0.39 is 12.0 Å². The Kier molecular flexibility index (Phi) is 7.31. The minimum absolute atomic E-state index is 0. The van der Waals surface area contributed by atoms with Crippen molar-refractivity contribution < 1.29 is 19.4 Å². The van der Waals surface area contributed by atoms with Crippen molar-refractivity contribution in [3.05, 3.63) is 35.9 Å². The van der Waals surface area contributed by atoms with Gasteiger partial charge in [0.15, 0.2) is 0 Å². The molecule has 1 amide bonds.